The van der Waals surface area contributed by atoms with E-state index in [9.17, 15) is 9.18 Å². The number of carbonyl (C=O) groups is 1. The molecule has 1 aliphatic heterocycles. The van der Waals surface area contributed by atoms with E-state index in [1.807, 2.05) is 24.0 Å². The highest BCUT2D eigenvalue weighted by Crippen LogP contribution is 2.34. The topological polar surface area (TPSA) is 46.3 Å². The molecule has 156 valence electrons. The Morgan fingerprint density at radius 2 is 1.97 bits per heavy atom. The Balaban J connectivity index is 1.52. The Morgan fingerprint density at radius 3 is 2.77 bits per heavy atom. The predicted molar refractivity (Wildman–Crippen MR) is 124 cm³/mol. The van der Waals surface area contributed by atoms with Crippen LogP contribution in [0.5, 0.6) is 0 Å². The minimum Gasteiger partial charge on any atom is -0.436 e. The van der Waals surface area contributed by atoms with Crippen LogP contribution in [0.3, 0.4) is 0 Å². The van der Waals surface area contributed by atoms with Gasteiger partial charge in [-0.3, -0.25) is 4.79 Å². The molecule has 4 aromatic rings. The fourth-order valence-corrected chi connectivity index (χ4v) is 4.97. The first-order valence-electron chi connectivity index (χ1n) is 9.86. The van der Waals surface area contributed by atoms with E-state index in [-0.39, 0.29) is 23.4 Å². The molecule has 4 nitrogen and oxygen atoms in total. The van der Waals surface area contributed by atoms with Crippen LogP contribution in [0.1, 0.15) is 34.5 Å². The summed E-state index contributed by atoms with van der Waals surface area (Å²) in [4.78, 5) is 19.7. The van der Waals surface area contributed by atoms with Gasteiger partial charge >= 0.3 is 0 Å². The van der Waals surface area contributed by atoms with E-state index in [0.29, 0.717) is 32.2 Å². The van der Waals surface area contributed by atoms with Crippen LogP contribution in [0.25, 0.3) is 22.6 Å². The number of amides is 1. The van der Waals surface area contributed by atoms with Crippen molar-refractivity contribution in [1.29, 1.82) is 0 Å². The molecule has 0 bridgehead atoms. The van der Waals surface area contributed by atoms with Crippen LogP contribution in [0, 0.1) is 5.82 Å². The number of halogens is 3. The maximum Gasteiger partial charge on any atom is 0.254 e. The van der Waals surface area contributed by atoms with Crippen molar-refractivity contribution in [3.8, 4) is 11.5 Å². The average molecular weight is 544 g/mol. The lowest BCUT2D eigenvalue weighted by Crippen LogP contribution is -2.38. The van der Waals surface area contributed by atoms with Gasteiger partial charge < -0.3 is 9.32 Å². The molecule has 1 aliphatic rings. The lowest BCUT2D eigenvalue weighted by Gasteiger charge is -2.35. The van der Waals surface area contributed by atoms with Gasteiger partial charge in [0.05, 0.1) is 11.6 Å². The van der Waals surface area contributed by atoms with Gasteiger partial charge in [0.1, 0.15) is 11.3 Å². The van der Waals surface area contributed by atoms with Crippen LogP contribution in [0.2, 0.25) is 0 Å². The van der Waals surface area contributed by atoms with Crippen LogP contribution in [-0.4, -0.2) is 22.3 Å². The van der Waals surface area contributed by atoms with Gasteiger partial charge in [-0.05, 0) is 70.7 Å². The number of hydrogen-bond acceptors (Lipinski definition) is 3. The Kier molecular flexibility index (Phi) is 5.18. The normalized spacial score (nSPS) is 15.9. The summed E-state index contributed by atoms with van der Waals surface area (Å²) in [6.07, 6.45) is 0.824. The molecule has 0 aliphatic carbocycles. The van der Waals surface area contributed by atoms with Crippen LogP contribution < -0.4 is 0 Å². The largest absolute Gasteiger partial charge is 0.436 e. The summed E-state index contributed by atoms with van der Waals surface area (Å²) >= 11 is 6.76. The van der Waals surface area contributed by atoms with Crippen molar-refractivity contribution in [3.05, 3.63) is 86.1 Å². The fourth-order valence-electron chi connectivity index (χ4n) is 4.11. The first-order valence-corrected chi connectivity index (χ1v) is 11.5. The zero-order chi connectivity index (χ0) is 21.7. The molecular weight excluding hydrogens is 527 g/mol. The summed E-state index contributed by atoms with van der Waals surface area (Å²) in [5, 5.41) is 0. The lowest BCUT2D eigenvalue weighted by molar-refractivity contribution is 0.0677. The van der Waals surface area contributed by atoms with Crippen molar-refractivity contribution in [2.24, 2.45) is 0 Å². The van der Waals surface area contributed by atoms with Gasteiger partial charge in [0.2, 0.25) is 5.89 Å². The van der Waals surface area contributed by atoms with Crippen LogP contribution in [0.15, 0.2) is 68.0 Å². The van der Waals surface area contributed by atoms with Crippen molar-refractivity contribution < 1.29 is 13.6 Å². The molecule has 5 rings (SSSR count). The van der Waals surface area contributed by atoms with E-state index in [0.717, 1.165) is 6.42 Å². The predicted octanol–water partition coefficient (Wildman–Crippen LogP) is 6.92. The molecule has 0 spiro atoms. The maximum absolute atomic E-state index is 14.4. The number of benzene rings is 3. The third-order valence-electron chi connectivity index (χ3n) is 5.71. The number of hydrogen-bond donors (Lipinski definition) is 0. The summed E-state index contributed by atoms with van der Waals surface area (Å²) in [6, 6.07) is 16.3. The summed E-state index contributed by atoms with van der Waals surface area (Å²) in [7, 11) is 0. The SMILES string of the molecule is C[C@@H]1c2ccccc2CCN1C(=O)c1cc(Br)c2nc(-c3ccc(Br)cc3F)oc2c1. The van der Waals surface area contributed by atoms with E-state index in [4.69, 9.17) is 4.42 Å². The van der Waals surface area contributed by atoms with E-state index < -0.39 is 5.82 Å². The van der Waals surface area contributed by atoms with Crippen LogP contribution in [-0.2, 0) is 6.42 Å². The Morgan fingerprint density at radius 1 is 1.16 bits per heavy atom. The van der Waals surface area contributed by atoms with Crippen LogP contribution in [0.4, 0.5) is 4.39 Å². The molecule has 1 atom stereocenters. The van der Waals surface area contributed by atoms with E-state index in [2.05, 4.69) is 49.0 Å². The molecule has 7 heteroatoms. The van der Waals surface area contributed by atoms with Gasteiger partial charge in [-0.2, -0.15) is 0 Å². The second-order valence-corrected chi connectivity index (χ2v) is 9.34. The highest BCUT2D eigenvalue weighted by atomic mass is 79.9. The highest BCUT2D eigenvalue weighted by Gasteiger charge is 2.29. The first-order chi connectivity index (χ1) is 14.9. The molecule has 0 unspecified atom stereocenters. The molecule has 0 saturated carbocycles. The summed E-state index contributed by atoms with van der Waals surface area (Å²) < 4.78 is 21.5. The zero-order valence-corrected chi connectivity index (χ0v) is 19.7. The third-order valence-corrected chi connectivity index (χ3v) is 6.81. The van der Waals surface area contributed by atoms with E-state index in [1.54, 1.807) is 24.3 Å². The lowest BCUT2D eigenvalue weighted by atomic mass is 9.93. The minimum absolute atomic E-state index is 0.0194. The summed E-state index contributed by atoms with van der Waals surface area (Å²) in [5.74, 6) is -0.336. The fraction of sp³-hybridized carbons (Fsp3) is 0.167. The van der Waals surface area contributed by atoms with Crippen molar-refractivity contribution in [1.82, 2.24) is 9.88 Å². The van der Waals surface area contributed by atoms with Crippen molar-refractivity contribution in [3.63, 3.8) is 0 Å². The molecule has 0 fully saturated rings. The van der Waals surface area contributed by atoms with E-state index >= 15 is 0 Å². The summed E-state index contributed by atoms with van der Waals surface area (Å²) in [6.45, 7) is 2.70. The molecule has 0 N–H and O–H groups in total. The smallest absolute Gasteiger partial charge is 0.254 e. The zero-order valence-electron chi connectivity index (χ0n) is 16.5. The number of fused-ring (bicyclic) bond motifs is 2. The van der Waals surface area contributed by atoms with Gasteiger partial charge in [-0.1, -0.05) is 40.2 Å². The second kappa shape index (κ2) is 7.88. The Hall–Kier alpha value is -2.51. The molecular formula is C24H17Br2FN2O2. The summed E-state index contributed by atoms with van der Waals surface area (Å²) in [5.41, 5.74) is 4.21. The van der Waals surface area contributed by atoms with Gasteiger partial charge in [0, 0.05) is 21.1 Å². The third kappa shape index (κ3) is 3.59. The molecule has 1 aromatic heterocycles. The molecule has 31 heavy (non-hydrogen) atoms. The molecule has 0 radical (unpaired) electrons. The quantitative estimate of drug-likeness (QED) is 0.276. The number of carbonyl (C=O) groups excluding carboxylic acids is 1. The van der Waals surface area contributed by atoms with Crippen molar-refractivity contribution >= 4 is 48.9 Å². The van der Waals surface area contributed by atoms with Crippen LogP contribution >= 0.6 is 31.9 Å². The van der Waals surface area contributed by atoms with Gasteiger partial charge in [0.15, 0.2) is 5.58 Å². The molecule has 2 heterocycles. The van der Waals surface area contributed by atoms with Gasteiger partial charge in [-0.15, -0.1) is 0 Å². The van der Waals surface area contributed by atoms with Crippen molar-refractivity contribution in [2.75, 3.05) is 6.54 Å². The Bertz CT molecular complexity index is 1330. The monoisotopic (exact) mass is 542 g/mol. The molecule has 3 aromatic carbocycles. The first kappa shape index (κ1) is 20.4. The van der Waals surface area contributed by atoms with E-state index in [1.165, 1.54) is 17.2 Å². The molecule has 1 amide bonds. The standard InChI is InChI=1S/C24H17Br2FN2O2/c1-13-17-5-3-2-4-14(17)8-9-29(13)24(30)15-10-19(26)22-21(11-15)31-23(28-22)18-7-6-16(25)12-20(18)27/h2-7,10-13H,8-9H2,1H3/t13-/m1/s1. The number of aromatic nitrogens is 1. The van der Waals surface area contributed by atoms with Gasteiger partial charge in [0.25, 0.3) is 5.91 Å². The minimum atomic E-state index is -0.436. The van der Waals surface area contributed by atoms with Crippen molar-refractivity contribution in [2.45, 2.75) is 19.4 Å². The number of rotatable bonds is 2. The Labute approximate surface area is 195 Å². The second-order valence-electron chi connectivity index (χ2n) is 7.57. The van der Waals surface area contributed by atoms with Gasteiger partial charge in [-0.25, -0.2) is 9.37 Å². The number of oxazole rings is 1. The molecule has 0 saturated heterocycles. The average Bonchev–Trinajstić information content (AvgIpc) is 3.18. The highest BCUT2D eigenvalue weighted by molar-refractivity contribution is 9.11. The number of nitrogens with zero attached hydrogens (tertiary/aromatic N) is 2. The maximum atomic E-state index is 14.4.